The highest BCUT2D eigenvalue weighted by Gasteiger charge is 2.46. The van der Waals surface area contributed by atoms with E-state index in [2.05, 4.69) is 90.1 Å². The summed E-state index contributed by atoms with van der Waals surface area (Å²) in [6.07, 6.45) is 10.0. The molecule has 5 aliphatic rings. The first-order valence-corrected chi connectivity index (χ1v) is 19.6. The summed E-state index contributed by atoms with van der Waals surface area (Å²) < 4.78 is 16.6. The normalized spacial score (nSPS) is 27.5. The predicted octanol–water partition coefficient (Wildman–Crippen LogP) is 8.79. The molecule has 4 fully saturated rings. The van der Waals surface area contributed by atoms with Crippen LogP contribution in [0.5, 0.6) is 0 Å². The molecule has 4 saturated heterocycles. The first-order valence-electron chi connectivity index (χ1n) is 19.6. The molecular weight excluding hydrogens is 570 g/mol. The van der Waals surface area contributed by atoms with Crippen LogP contribution in [0.2, 0.25) is 0 Å². The Morgan fingerprint density at radius 1 is 0.870 bits per heavy atom. The van der Waals surface area contributed by atoms with Crippen molar-refractivity contribution < 1.29 is 14.2 Å². The maximum Gasteiger partial charge on any atom is 0.0624 e. The van der Waals surface area contributed by atoms with Crippen LogP contribution >= 0.6 is 0 Å². The molecular formula is C40H81N3O3. The third-order valence-electron chi connectivity index (χ3n) is 11.6. The van der Waals surface area contributed by atoms with Crippen molar-refractivity contribution in [1.29, 1.82) is 0 Å². The molecule has 0 aromatic carbocycles. The molecule has 5 aliphatic heterocycles. The number of ether oxygens (including phenoxy) is 3. The van der Waals surface area contributed by atoms with Crippen LogP contribution in [-0.4, -0.2) is 111 Å². The molecule has 3 atom stereocenters. The smallest absolute Gasteiger partial charge is 0.0624 e. The highest BCUT2D eigenvalue weighted by molar-refractivity contribution is 5.29. The molecule has 0 aromatic heterocycles. The maximum atomic E-state index is 5.63. The zero-order valence-electron chi connectivity index (χ0n) is 33.5. The van der Waals surface area contributed by atoms with Crippen LogP contribution in [0.25, 0.3) is 0 Å². The zero-order chi connectivity index (χ0) is 35.0. The van der Waals surface area contributed by atoms with Crippen molar-refractivity contribution >= 4 is 0 Å². The van der Waals surface area contributed by atoms with E-state index in [4.69, 9.17) is 14.2 Å². The minimum atomic E-state index is 0.348. The molecule has 0 amide bonds. The van der Waals surface area contributed by atoms with E-state index in [1.165, 1.54) is 51.6 Å². The maximum absolute atomic E-state index is 5.63. The molecule has 0 aliphatic carbocycles. The van der Waals surface area contributed by atoms with E-state index in [9.17, 15) is 0 Å². The summed E-state index contributed by atoms with van der Waals surface area (Å²) in [7, 11) is 2.27. The van der Waals surface area contributed by atoms with Crippen molar-refractivity contribution in [2.24, 2.45) is 23.2 Å². The van der Waals surface area contributed by atoms with Gasteiger partial charge in [0.15, 0.2) is 0 Å². The van der Waals surface area contributed by atoms with Gasteiger partial charge in [-0.25, -0.2) is 0 Å². The number of likely N-dealkylation sites (tertiary alicyclic amines) is 2. The summed E-state index contributed by atoms with van der Waals surface area (Å²) in [5.41, 5.74) is 2.91. The predicted molar refractivity (Wildman–Crippen MR) is 200 cm³/mol. The molecule has 0 N–H and O–H groups in total. The van der Waals surface area contributed by atoms with Crippen LogP contribution in [-0.2, 0) is 14.2 Å². The summed E-state index contributed by atoms with van der Waals surface area (Å²) in [6, 6.07) is 0.634. The molecule has 6 nitrogen and oxygen atoms in total. The van der Waals surface area contributed by atoms with Crippen molar-refractivity contribution in [3.63, 3.8) is 0 Å². The Kier molecular flexibility index (Phi) is 20.4. The highest BCUT2D eigenvalue weighted by atomic mass is 16.5. The molecule has 5 rings (SSSR count). The van der Waals surface area contributed by atoms with Gasteiger partial charge in [0.1, 0.15) is 0 Å². The second-order valence-corrected chi connectivity index (χ2v) is 14.9. The second-order valence-electron chi connectivity index (χ2n) is 14.9. The molecule has 6 heteroatoms. The molecule has 2 spiro atoms. The molecule has 0 aromatic rings. The SMILES string of the molecule is CC.CC.CC1CCN(C)C12CCOCC2.CCN1CC=C(C(C)C)C12CCOCC2.CCOCC1C(C(C)(C)C)CCN1CC. The highest BCUT2D eigenvalue weighted by Crippen LogP contribution is 2.43. The quantitative estimate of drug-likeness (QED) is 0.267. The van der Waals surface area contributed by atoms with Gasteiger partial charge < -0.3 is 19.1 Å². The number of likely N-dealkylation sites (N-methyl/N-ethyl adjacent to an activating group) is 2. The Bertz CT molecular complexity index is 799. The van der Waals surface area contributed by atoms with Gasteiger partial charge >= 0.3 is 0 Å². The van der Waals surface area contributed by atoms with Crippen molar-refractivity contribution in [1.82, 2.24) is 14.7 Å². The van der Waals surface area contributed by atoms with Gasteiger partial charge in [-0.05, 0) is 107 Å². The van der Waals surface area contributed by atoms with Gasteiger partial charge in [-0.1, -0.05) is 89.2 Å². The average molecular weight is 652 g/mol. The third-order valence-corrected chi connectivity index (χ3v) is 11.6. The van der Waals surface area contributed by atoms with Crippen LogP contribution in [0.15, 0.2) is 11.6 Å². The van der Waals surface area contributed by atoms with Crippen molar-refractivity contribution in [2.75, 3.05) is 79.4 Å². The first-order chi connectivity index (χ1) is 22.0. The third kappa shape index (κ3) is 11.0. The minimum absolute atomic E-state index is 0.348. The van der Waals surface area contributed by atoms with Crippen LogP contribution in [0.3, 0.4) is 0 Å². The number of hydrogen-bond donors (Lipinski definition) is 0. The summed E-state index contributed by atoms with van der Waals surface area (Å²) in [4.78, 5) is 7.76. The fourth-order valence-corrected chi connectivity index (χ4v) is 8.91. The fourth-order valence-electron chi connectivity index (χ4n) is 8.91. The largest absolute Gasteiger partial charge is 0.381 e. The van der Waals surface area contributed by atoms with Crippen LogP contribution in [0.4, 0.5) is 0 Å². The van der Waals surface area contributed by atoms with E-state index in [0.717, 1.165) is 71.1 Å². The molecule has 274 valence electrons. The van der Waals surface area contributed by atoms with E-state index in [0.29, 0.717) is 28.5 Å². The van der Waals surface area contributed by atoms with Crippen LogP contribution < -0.4 is 0 Å². The summed E-state index contributed by atoms with van der Waals surface area (Å²) in [6.45, 7) is 40.2. The summed E-state index contributed by atoms with van der Waals surface area (Å²) >= 11 is 0. The van der Waals surface area contributed by atoms with Gasteiger partial charge in [0.2, 0.25) is 0 Å². The second kappa shape index (κ2) is 21.6. The standard InChI is InChI=1S/C13H23NO.C13H27NO.C10H19NO.2C2H6/c1-4-14-8-5-12(11(2)3)13(14)6-9-15-10-7-13;1-6-14-9-8-11(13(3,4)5)12(14)10-15-7-2;1-9-3-6-11(2)10(9)4-7-12-8-5-10;2*1-2/h5,11H,4,6-10H2,1-3H3;11-12H,6-10H2,1-5H3;9H,3-8H2,1-2H3;2*1-2H3. The Hall–Kier alpha value is -0.500. The Morgan fingerprint density at radius 3 is 1.87 bits per heavy atom. The van der Waals surface area contributed by atoms with Gasteiger partial charge in [0.25, 0.3) is 0 Å². The number of hydrogen-bond acceptors (Lipinski definition) is 6. The zero-order valence-corrected chi connectivity index (χ0v) is 33.5. The van der Waals surface area contributed by atoms with Gasteiger partial charge in [-0.15, -0.1) is 0 Å². The molecule has 3 unspecified atom stereocenters. The molecule has 0 saturated carbocycles. The lowest BCUT2D eigenvalue weighted by Gasteiger charge is -2.44. The van der Waals surface area contributed by atoms with E-state index >= 15 is 0 Å². The van der Waals surface area contributed by atoms with Gasteiger partial charge in [-0.3, -0.25) is 9.80 Å². The van der Waals surface area contributed by atoms with Gasteiger partial charge in [0.05, 0.1) is 6.61 Å². The van der Waals surface area contributed by atoms with E-state index < -0.39 is 0 Å². The van der Waals surface area contributed by atoms with Gasteiger partial charge in [-0.2, -0.15) is 0 Å². The number of nitrogens with zero attached hydrogens (tertiary/aromatic N) is 3. The number of rotatable bonds is 6. The van der Waals surface area contributed by atoms with Crippen molar-refractivity contribution in [3.05, 3.63) is 11.6 Å². The molecule has 5 heterocycles. The lowest BCUT2D eigenvalue weighted by Crippen LogP contribution is -2.50. The van der Waals surface area contributed by atoms with E-state index in [-0.39, 0.29) is 0 Å². The lowest BCUT2D eigenvalue weighted by molar-refractivity contribution is -0.0153. The van der Waals surface area contributed by atoms with Crippen LogP contribution in [0, 0.1) is 23.2 Å². The Labute approximate surface area is 288 Å². The fraction of sp³-hybridized carbons (Fsp3) is 0.950. The lowest BCUT2D eigenvalue weighted by atomic mass is 9.76. The topological polar surface area (TPSA) is 37.4 Å². The van der Waals surface area contributed by atoms with Crippen molar-refractivity contribution in [2.45, 2.75) is 146 Å². The molecule has 46 heavy (non-hydrogen) atoms. The monoisotopic (exact) mass is 652 g/mol. The Balaban J connectivity index is 0.000000328. The van der Waals surface area contributed by atoms with E-state index in [1.54, 1.807) is 5.57 Å². The summed E-state index contributed by atoms with van der Waals surface area (Å²) in [5.74, 6) is 2.33. The minimum Gasteiger partial charge on any atom is -0.381 e. The van der Waals surface area contributed by atoms with Gasteiger partial charge in [0, 0.05) is 56.7 Å². The van der Waals surface area contributed by atoms with Crippen molar-refractivity contribution in [3.8, 4) is 0 Å². The van der Waals surface area contributed by atoms with Crippen LogP contribution in [0.1, 0.15) is 129 Å². The average Bonchev–Trinajstić information content (AvgIpc) is 3.73. The Morgan fingerprint density at radius 2 is 1.43 bits per heavy atom. The van der Waals surface area contributed by atoms with E-state index in [1.807, 2.05) is 27.7 Å². The summed E-state index contributed by atoms with van der Waals surface area (Å²) in [5, 5.41) is 0. The molecule has 0 bridgehead atoms. The molecule has 0 radical (unpaired) electrons. The first kappa shape index (κ1) is 43.5.